The monoisotopic (exact) mass is 256 g/mol. The zero-order chi connectivity index (χ0) is 12.7. The van der Waals surface area contributed by atoms with Crippen LogP contribution in [0.2, 0.25) is 19.6 Å². The Morgan fingerprint density at radius 1 is 1.31 bits per heavy atom. The molecule has 16 heavy (non-hydrogen) atoms. The zero-order valence-electron chi connectivity index (χ0n) is 11.4. The molecular weight excluding hydrogens is 232 g/mol. The minimum Gasteiger partial charge on any atom is -0.402 e. The van der Waals surface area contributed by atoms with Crippen LogP contribution in [0, 0.1) is 11.8 Å². The summed E-state index contributed by atoms with van der Waals surface area (Å²) in [6.45, 7) is 12.8. The third-order valence-corrected chi connectivity index (χ3v) is 3.60. The minimum absolute atomic E-state index is 0.329. The summed E-state index contributed by atoms with van der Waals surface area (Å²) in [6, 6.07) is 0. The third kappa shape index (κ3) is 10.3. The van der Waals surface area contributed by atoms with E-state index in [0.717, 1.165) is 5.75 Å². The van der Waals surface area contributed by atoms with Crippen molar-refractivity contribution in [1.29, 1.82) is 0 Å². The molecule has 0 aliphatic carbocycles. The van der Waals surface area contributed by atoms with Crippen LogP contribution in [0.25, 0.3) is 0 Å². The van der Waals surface area contributed by atoms with Gasteiger partial charge in [0.15, 0.2) is 8.32 Å². The van der Waals surface area contributed by atoms with Crippen LogP contribution >= 0.6 is 11.8 Å². The average molecular weight is 256 g/mol. The molecular formula is C13H24OSSi. The molecule has 0 aliphatic heterocycles. The molecule has 1 nitrogen and oxygen atoms in total. The molecule has 0 saturated heterocycles. The van der Waals surface area contributed by atoms with Crippen molar-refractivity contribution in [3.05, 3.63) is 11.5 Å². The van der Waals surface area contributed by atoms with E-state index in [1.54, 1.807) is 11.8 Å². The molecule has 0 N–H and O–H groups in total. The topological polar surface area (TPSA) is 9.23 Å². The molecule has 0 saturated carbocycles. The standard InChI is InChI=1S/C13H24OSSi/c1-7-11-15-12-9-8-10-13(2,3)14-16(4,5)6/h9,12H,7,11H2,1-6H3/b12-9+. The van der Waals surface area contributed by atoms with Crippen LogP contribution in [0.5, 0.6) is 0 Å². The van der Waals surface area contributed by atoms with E-state index >= 15 is 0 Å². The van der Waals surface area contributed by atoms with Gasteiger partial charge in [0.05, 0.1) is 0 Å². The Morgan fingerprint density at radius 2 is 1.94 bits per heavy atom. The lowest BCUT2D eigenvalue weighted by Gasteiger charge is -2.28. The van der Waals surface area contributed by atoms with Gasteiger partial charge in [-0.2, -0.15) is 0 Å². The van der Waals surface area contributed by atoms with Crippen molar-refractivity contribution in [2.75, 3.05) is 5.75 Å². The number of hydrogen-bond acceptors (Lipinski definition) is 2. The summed E-state index contributed by atoms with van der Waals surface area (Å²) in [4.78, 5) is 0. The lowest BCUT2D eigenvalue weighted by Crippen LogP contribution is -2.37. The van der Waals surface area contributed by atoms with Crippen molar-refractivity contribution < 1.29 is 4.43 Å². The first-order chi connectivity index (χ1) is 7.27. The summed E-state index contributed by atoms with van der Waals surface area (Å²) in [5, 5.41) is 2.06. The predicted octanol–water partition coefficient (Wildman–Crippen LogP) is 4.28. The maximum Gasteiger partial charge on any atom is 0.185 e. The van der Waals surface area contributed by atoms with Crippen molar-refractivity contribution in [2.24, 2.45) is 0 Å². The lowest BCUT2D eigenvalue weighted by atomic mass is 10.1. The van der Waals surface area contributed by atoms with Crippen molar-refractivity contribution in [2.45, 2.75) is 52.4 Å². The molecule has 0 aromatic carbocycles. The van der Waals surface area contributed by atoms with Crippen LogP contribution in [-0.2, 0) is 4.43 Å². The molecule has 0 atom stereocenters. The van der Waals surface area contributed by atoms with E-state index in [-0.39, 0.29) is 5.60 Å². The second-order valence-electron chi connectivity index (χ2n) is 5.17. The molecule has 0 aromatic rings. The highest BCUT2D eigenvalue weighted by Crippen LogP contribution is 2.16. The van der Waals surface area contributed by atoms with Crippen molar-refractivity contribution in [1.82, 2.24) is 0 Å². The van der Waals surface area contributed by atoms with E-state index in [1.807, 2.05) is 19.9 Å². The maximum absolute atomic E-state index is 5.98. The van der Waals surface area contributed by atoms with Crippen molar-refractivity contribution >= 4 is 20.1 Å². The van der Waals surface area contributed by atoms with Gasteiger partial charge in [0.25, 0.3) is 0 Å². The van der Waals surface area contributed by atoms with Gasteiger partial charge in [-0.05, 0) is 57.1 Å². The number of thioether (sulfide) groups is 1. The Hall–Kier alpha value is -0.173. The Balaban J connectivity index is 4.15. The van der Waals surface area contributed by atoms with E-state index in [1.165, 1.54) is 6.42 Å². The van der Waals surface area contributed by atoms with E-state index in [0.29, 0.717) is 0 Å². The molecule has 3 heteroatoms. The highest BCUT2D eigenvalue weighted by molar-refractivity contribution is 8.02. The molecule has 0 aromatic heterocycles. The van der Waals surface area contributed by atoms with Crippen LogP contribution in [-0.4, -0.2) is 19.7 Å². The first-order valence-electron chi connectivity index (χ1n) is 5.76. The first kappa shape index (κ1) is 15.8. The third-order valence-electron chi connectivity index (χ3n) is 1.50. The molecule has 0 amide bonds. The summed E-state index contributed by atoms with van der Waals surface area (Å²) in [7, 11) is -1.51. The van der Waals surface area contributed by atoms with Gasteiger partial charge in [-0.25, -0.2) is 0 Å². The smallest absolute Gasteiger partial charge is 0.185 e. The van der Waals surface area contributed by atoms with E-state index in [2.05, 4.69) is 43.8 Å². The van der Waals surface area contributed by atoms with Gasteiger partial charge in [-0.15, -0.1) is 11.8 Å². The van der Waals surface area contributed by atoms with Gasteiger partial charge in [-0.1, -0.05) is 18.8 Å². The number of hydrogen-bond donors (Lipinski definition) is 0. The summed E-state index contributed by atoms with van der Waals surface area (Å²) < 4.78 is 5.98. The largest absolute Gasteiger partial charge is 0.402 e. The fraction of sp³-hybridized carbons (Fsp3) is 0.692. The maximum atomic E-state index is 5.98. The van der Waals surface area contributed by atoms with Crippen LogP contribution in [0.3, 0.4) is 0 Å². The average Bonchev–Trinajstić information content (AvgIpc) is 2.06. The molecule has 92 valence electrons. The highest BCUT2D eigenvalue weighted by atomic mass is 32.2. The molecule has 0 spiro atoms. The predicted molar refractivity (Wildman–Crippen MR) is 78.2 cm³/mol. The Kier molecular flexibility index (Phi) is 7.13. The van der Waals surface area contributed by atoms with Gasteiger partial charge in [0.1, 0.15) is 5.60 Å². The Labute approximate surface area is 106 Å². The van der Waals surface area contributed by atoms with Gasteiger partial charge in [0.2, 0.25) is 0 Å². The minimum atomic E-state index is -1.51. The number of allylic oxidation sites excluding steroid dienone is 1. The SMILES string of the molecule is CCCS/C=C/C#CC(C)(C)O[Si](C)(C)C. The summed E-state index contributed by atoms with van der Waals surface area (Å²) in [6.07, 6.45) is 3.11. The molecule has 0 rings (SSSR count). The molecule has 0 heterocycles. The summed E-state index contributed by atoms with van der Waals surface area (Å²) in [5.41, 5.74) is -0.329. The summed E-state index contributed by atoms with van der Waals surface area (Å²) in [5.74, 6) is 7.37. The van der Waals surface area contributed by atoms with Crippen molar-refractivity contribution in [3.63, 3.8) is 0 Å². The summed E-state index contributed by atoms with van der Waals surface area (Å²) >= 11 is 1.80. The van der Waals surface area contributed by atoms with Gasteiger partial charge in [0, 0.05) is 0 Å². The fourth-order valence-electron chi connectivity index (χ4n) is 1.27. The van der Waals surface area contributed by atoms with E-state index < -0.39 is 8.32 Å². The Bertz CT molecular complexity index is 279. The second-order valence-corrected chi connectivity index (χ2v) is 10.6. The van der Waals surface area contributed by atoms with Gasteiger partial charge < -0.3 is 4.43 Å². The van der Waals surface area contributed by atoms with Crippen LogP contribution in [0.4, 0.5) is 0 Å². The van der Waals surface area contributed by atoms with Crippen molar-refractivity contribution in [3.8, 4) is 11.8 Å². The number of rotatable bonds is 5. The highest BCUT2D eigenvalue weighted by Gasteiger charge is 2.25. The molecule has 0 aliphatic rings. The fourth-order valence-corrected chi connectivity index (χ4v) is 3.39. The molecule has 0 bridgehead atoms. The lowest BCUT2D eigenvalue weighted by molar-refractivity contribution is 0.164. The zero-order valence-corrected chi connectivity index (χ0v) is 13.2. The molecule has 0 fully saturated rings. The normalized spacial score (nSPS) is 12.6. The van der Waals surface area contributed by atoms with Crippen LogP contribution in [0.1, 0.15) is 27.2 Å². The van der Waals surface area contributed by atoms with Crippen LogP contribution in [0.15, 0.2) is 11.5 Å². The Morgan fingerprint density at radius 3 is 2.44 bits per heavy atom. The van der Waals surface area contributed by atoms with Gasteiger partial charge in [-0.3, -0.25) is 0 Å². The first-order valence-corrected chi connectivity index (χ1v) is 10.2. The van der Waals surface area contributed by atoms with E-state index in [9.17, 15) is 0 Å². The molecule has 0 unspecified atom stereocenters. The van der Waals surface area contributed by atoms with Gasteiger partial charge >= 0.3 is 0 Å². The van der Waals surface area contributed by atoms with E-state index in [4.69, 9.17) is 4.43 Å². The second kappa shape index (κ2) is 7.21. The quantitative estimate of drug-likeness (QED) is 0.412. The molecule has 0 radical (unpaired) electrons. The van der Waals surface area contributed by atoms with Crippen LogP contribution < -0.4 is 0 Å².